The number of nitrogens with two attached hydrogens (primary N) is 2. The number of amides is 1. The second-order valence-electron chi connectivity index (χ2n) is 8.44. The molecule has 156 valence electrons. The summed E-state index contributed by atoms with van der Waals surface area (Å²) in [6.45, 7) is 5.83. The summed E-state index contributed by atoms with van der Waals surface area (Å²) in [5, 5.41) is 0. The number of benzene rings is 2. The molecule has 2 aromatic rings. The highest BCUT2D eigenvalue weighted by Gasteiger charge is 2.50. The summed E-state index contributed by atoms with van der Waals surface area (Å²) in [4.78, 5) is 14.8. The second kappa shape index (κ2) is 8.61. The Kier molecular flexibility index (Phi) is 6.36. The fourth-order valence-electron chi connectivity index (χ4n) is 4.03. The van der Waals surface area contributed by atoms with E-state index in [1.165, 1.54) is 12.1 Å². The lowest BCUT2D eigenvalue weighted by molar-refractivity contribution is -0.137. The molecule has 2 aromatic carbocycles. The van der Waals surface area contributed by atoms with Gasteiger partial charge in [0.1, 0.15) is 5.82 Å². The smallest absolute Gasteiger partial charge is 0.240 e. The number of hydrogen-bond acceptors (Lipinski definition) is 4. The van der Waals surface area contributed by atoms with Crippen molar-refractivity contribution >= 4 is 5.91 Å². The average Bonchev–Trinajstić information content (AvgIpc) is 3.06. The molecule has 1 amide bonds. The third-order valence-electron chi connectivity index (χ3n) is 5.44. The molecule has 1 heterocycles. The summed E-state index contributed by atoms with van der Waals surface area (Å²) in [6.07, 6.45) is 0.225. The lowest BCUT2D eigenvalue weighted by Crippen LogP contribution is -2.56. The summed E-state index contributed by atoms with van der Waals surface area (Å²) >= 11 is 0. The minimum atomic E-state index is -0.691. The van der Waals surface area contributed by atoms with Crippen molar-refractivity contribution in [1.29, 1.82) is 0 Å². The van der Waals surface area contributed by atoms with E-state index in [0.29, 0.717) is 18.6 Å². The zero-order valence-electron chi connectivity index (χ0n) is 17.2. The van der Waals surface area contributed by atoms with E-state index in [1.807, 2.05) is 50.2 Å². The summed E-state index contributed by atoms with van der Waals surface area (Å²) in [6, 6.07) is 14.7. The van der Waals surface area contributed by atoms with Gasteiger partial charge < -0.3 is 21.1 Å². The van der Waals surface area contributed by atoms with Crippen molar-refractivity contribution in [3.63, 3.8) is 0 Å². The molecule has 4 atom stereocenters. The Labute approximate surface area is 171 Å². The molecule has 1 aliphatic heterocycles. The number of carbonyl (C=O) groups excluding carboxylic acids is 1. The molecule has 1 saturated heterocycles. The first-order chi connectivity index (χ1) is 13.7. The molecule has 0 saturated carbocycles. The highest BCUT2D eigenvalue weighted by atomic mass is 19.1. The monoisotopic (exact) mass is 399 g/mol. The largest absolute Gasteiger partial charge is 0.371 e. The predicted octanol–water partition coefficient (Wildman–Crippen LogP) is 3.14. The van der Waals surface area contributed by atoms with Crippen LogP contribution in [0.25, 0.3) is 0 Å². The van der Waals surface area contributed by atoms with Gasteiger partial charge in [0.15, 0.2) is 0 Å². The van der Waals surface area contributed by atoms with Crippen LogP contribution in [0.3, 0.4) is 0 Å². The number of carbonyl (C=O) groups is 1. The number of hydrogen-bond donors (Lipinski definition) is 2. The summed E-state index contributed by atoms with van der Waals surface area (Å²) < 4.78 is 20.3. The maximum atomic E-state index is 14.0. The van der Waals surface area contributed by atoms with Crippen LogP contribution in [0.2, 0.25) is 0 Å². The number of likely N-dealkylation sites (tertiary alicyclic amines) is 1. The Bertz CT molecular complexity index is 836. The average molecular weight is 400 g/mol. The van der Waals surface area contributed by atoms with Crippen molar-refractivity contribution in [2.45, 2.75) is 63.6 Å². The molecule has 0 bridgehead atoms. The zero-order chi connectivity index (χ0) is 21.2. The first-order valence-corrected chi connectivity index (χ1v) is 9.96. The van der Waals surface area contributed by atoms with Crippen LogP contribution in [-0.4, -0.2) is 34.5 Å². The minimum Gasteiger partial charge on any atom is -0.371 e. The Balaban J connectivity index is 1.99. The van der Waals surface area contributed by atoms with Crippen LogP contribution in [-0.2, 0) is 16.1 Å². The SMILES string of the molecule is C[C@@H](N)C(=O)N1[C@H](c2cccc(F)c2)[C@H](OCc2ccccc2)C[C@@H]1C(C)(C)N. The number of halogens is 1. The van der Waals surface area contributed by atoms with Crippen LogP contribution >= 0.6 is 0 Å². The zero-order valence-corrected chi connectivity index (χ0v) is 17.2. The van der Waals surface area contributed by atoms with Gasteiger partial charge in [0.2, 0.25) is 5.91 Å². The fourth-order valence-corrected chi connectivity index (χ4v) is 4.03. The summed E-state index contributed by atoms with van der Waals surface area (Å²) in [5.41, 5.74) is 13.5. The molecule has 1 aliphatic rings. The standard InChI is InChI=1S/C23H30FN3O2/c1-15(25)22(28)27-20(23(2,3)26)13-19(29-14-16-8-5-4-6-9-16)21(27)17-10-7-11-18(24)12-17/h4-12,15,19-21H,13-14,25-26H2,1-3H3/t15-,19-,20-,21-/m1/s1. The maximum absolute atomic E-state index is 14.0. The lowest BCUT2D eigenvalue weighted by Gasteiger charge is -2.38. The molecule has 0 unspecified atom stereocenters. The molecule has 0 radical (unpaired) electrons. The molecule has 1 fully saturated rings. The Morgan fingerprint density at radius 3 is 2.52 bits per heavy atom. The van der Waals surface area contributed by atoms with Crippen LogP contribution in [0, 0.1) is 5.82 Å². The van der Waals surface area contributed by atoms with E-state index < -0.39 is 17.6 Å². The first-order valence-electron chi connectivity index (χ1n) is 9.96. The molecule has 5 nitrogen and oxygen atoms in total. The van der Waals surface area contributed by atoms with Crippen LogP contribution in [0.1, 0.15) is 44.4 Å². The van der Waals surface area contributed by atoms with Crippen molar-refractivity contribution in [2.24, 2.45) is 11.5 Å². The van der Waals surface area contributed by atoms with Gasteiger partial charge in [0.05, 0.1) is 30.8 Å². The molecular weight excluding hydrogens is 369 g/mol. The lowest BCUT2D eigenvalue weighted by atomic mass is 9.93. The van der Waals surface area contributed by atoms with Crippen molar-refractivity contribution in [2.75, 3.05) is 0 Å². The van der Waals surface area contributed by atoms with Gasteiger partial charge in [-0.1, -0.05) is 42.5 Å². The molecule has 29 heavy (non-hydrogen) atoms. The van der Waals surface area contributed by atoms with Crippen LogP contribution < -0.4 is 11.5 Å². The number of ether oxygens (including phenoxy) is 1. The second-order valence-corrected chi connectivity index (χ2v) is 8.44. The normalized spacial score (nSPS) is 23.2. The van der Waals surface area contributed by atoms with E-state index in [2.05, 4.69) is 0 Å². The van der Waals surface area contributed by atoms with Gasteiger partial charge in [-0.2, -0.15) is 0 Å². The fraction of sp³-hybridized carbons (Fsp3) is 0.435. The van der Waals surface area contributed by atoms with E-state index in [0.717, 1.165) is 5.56 Å². The van der Waals surface area contributed by atoms with E-state index in [4.69, 9.17) is 16.2 Å². The van der Waals surface area contributed by atoms with Gasteiger partial charge in [0.25, 0.3) is 0 Å². The predicted molar refractivity (Wildman–Crippen MR) is 111 cm³/mol. The molecule has 4 N–H and O–H groups in total. The highest BCUT2D eigenvalue weighted by Crippen LogP contribution is 2.42. The van der Waals surface area contributed by atoms with Gasteiger partial charge in [-0.3, -0.25) is 4.79 Å². The van der Waals surface area contributed by atoms with Gasteiger partial charge in [0, 0.05) is 5.54 Å². The minimum absolute atomic E-state index is 0.214. The molecule has 0 aliphatic carbocycles. The third kappa shape index (κ3) is 4.83. The van der Waals surface area contributed by atoms with Crippen molar-refractivity contribution in [1.82, 2.24) is 4.90 Å². The van der Waals surface area contributed by atoms with Crippen molar-refractivity contribution < 1.29 is 13.9 Å². The van der Waals surface area contributed by atoms with Gasteiger partial charge in [-0.15, -0.1) is 0 Å². The maximum Gasteiger partial charge on any atom is 0.240 e. The van der Waals surface area contributed by atoms with E-state index in [1.54, 1.807) is 17.9 Å². The van der Waals surface area contributed by atoms with Gasteiger partial charge in [-0.05, 0) is 50.5 Å². The molecular formula is C23H30FN3O2. The van der Waals surface area contributed by atoms with Crippen LogP contribution in [0.15, 0.2) is 54.6 Å². The molecule has 6 heteroatoms. The van der Waals surface area contributed by atoms with E-state index in [-0.39, 0.29) is 23.9 Å². The highest BCUT2D eigenvalue weighted by molar-refractivity contribution is 5.82. The Hall–Kier alpha value is -2.28. The van der Waals surface area contributed by atoms with Crippen molar-refractivity contribution in [3.05, 3.63) is 71.5 Å². The van der Waals surface area contributed by atoms with Crippen LogP contribution in [0.5, 0.6) is 0 Å². The molecule has 3 rings (SSSR count). The van der Waals surface area contributed by atoms with E-state index >= 15 is 0 Å². The van der Waals surface area contributed by atoms with Gasteiger partial charge in [-0.25, -0.2) is 4.39 Å². The Morgan fingerprint density at radius 1 is 1.24 bits per heavy atom. The number of rotatable bonds is 6. The first kappa shape index (κ1) is 21.4. The Morgan fingerprint density at radius 2 is 1.93 bits per heavy atom. The molecule has 0 spiro atoms. The van der Waals surface area contributed by atoms with E-state index in [9.17, 15) is 9.18 Å². The van der Waals surface area contributed by atoms with Gasteiger partial charge >= 0.3 is 0 Å². The topological polar surface area (TPSA) is 81.6 Å². The summed E-state index contributed by atoms with van der Waals surface area (Å²) in [5.74, 6) is -0.568. The van der Waals surface area contributed by atoms with Crippen molar-refractivity contribution in [3.8, 4) is 0 Å². The quantitative estimate of drug-likeness (QED) is 0.782. The molecule has 0 aromatic heterocycles. The third-order valence-corrected chi connectivity index (χ3v) is 5.44. The summed E-state index contributed by atoms with van der Waals surface area (Å²) in [7, 11) is 0. The number of nitrogens with zero attached hydrogens (tertiary/aromatic N) is 1. The van der Waals surface area contributed by atoms with Crippen LogP contribution in [0.4, 0.5) is 4.39 Å².